The standard InChI is InChI=1S/C12H18N2O2/c1-9(10-5-6-16-8-10)13-11-3-4-12(15)14(2)7-11/h3-4,7,9-10,13H,5-6,8H2,1-2H3. The van der Waals surface area contributed by atoms with Gasteiger partial charge >= 0.3 is 0 Å². The zero-order chi connectivity index (χ0) is 11.5. The van der Waals surface area contributed by atoms with Crippen LogP contribution in [0.3, 0.4) is 0 Å². The van der Waals surface area contributed by atoms with Crippen LogP contribution in [0.15, 0.2) is 23.1 Å². The van der Waals surface area contributed by atoms with Gasteiger partial charge in [-0.15, -0.1) is 0 Å². The number of hydrogen-bond acceptors (Lipinski definition) is 3. The molecule has 1 aliphatic heterocycles. The molecule has 4 heteroatoms. The molecule has 1 aromatic heterocycles. The van der Waals surface area contributed by atoms with Gasteiger partial charge in [-0.2, -0.15) is 0 Å². The number of nitrogens with one attached hydrogen (secondary N) is 1. The van der Waals surface area contributed by atoms with E-state index in [1.807, 2.05) is 12.3 Å². The topological polar surface area (TPSA) is 43.3 Å². The van der Waals surface area contributed by atoms with Gasteiger partial charge < -0.3 is 14.6 Å². The van der Waals surface area contributed by atoms with Crippen LogP contribution >= 0.6 is 0 Å². The molecule has 2 unspecified atom stereocenters. The highest BCUT2D eigenvalue weighted by Crippen LogP contribution is 2.19. The molecule has 2 atom stereocenters. The summed E-state index contributed by atoms with van der Waals surface area (Å²) in [5.74, 6) is 0.567. The van der Waals surface area contributed by atoms with Crippen LogP contribution < -0.4 is 10.9 Å². The van der Waals surface area contributed by atoms with Crippen molar-refractivity contribution in [1.82, 2.24) is 4.57 Å². The lowest BCUT2D eigenvalue weighted by molar-refractivity contribution is 0.183. The lowest BCUT2D eigenvalue weighted by atomic mass is 10.0. The van der Waals surface area contributed by atoms with Crippen LogP contribution in [-0.2, 0) is 11.8 Å². The molecule has 1 saturated heterocycles. The second kappa shape index (κ2) is 4.70. The first kappa shape index (κ1) is 11.2. The first-order chi connectivity index (χ1) is 7.66. The highest BCUT2D eigenvalue weighted by Gasteiger charge is 2.21. The summed E-state index contributed by atoms with van der Waals surface area (Å²) in [5.41, 5.74) is 1.00. The maximum atomic E-state index is 11.2. The molecule has 4 nitrogen and oxygen atoms in total. The normalized spacial score (nSPS) is 22.0. The van der Waals surface area contributed by atoms with Crippen LogP contribution in [-0.4, -0.2) is 23.8 Å². The Morgan fingerprint density at radius 2 is 2.38 bits per heavy atom. The summed E-state index contributed by atoms with van der Waals surface area (Å²) < 4.78 is 6.95. The van der Waals surface area contributed by atoms with E-state index in [-0.39, 0.29) is 5.56 Å². The quantitative estimate of drug-likeness (QED) is 0.836. The van der Waals surface area contributed by atoms with Crippen molar-refractivity contribution in [3.63, 3.8) is 0 Å². The van der Waals surface area contributed by atoms with Gasteiger partial charge in [-0.1, -0.05) is 0 Å². The number of aromatic nitrogens is 1. The van der Waals surface area contributed by atoms with E-state index in [1.165, 1.54) is 0 Å². The lowest BCUT2D eigenvalue weighted by Crippen LogP contribution is -2.27. The average molecular weight is 222 g/mol. The smallest absolute Gasteiger partial charge is 0.250 e. The van der Waals surface area contributed by atoms with Crippen molar-refractivity contribution in [3.8, 4) is 0 Å². The monoisotopic (exact) mass is 222 g/mol. The highest BCUT2D eigenvalue weighted by molar-refractivity contribution is 5.41. The fraction of sp³-hybridized carbons (Fsp3) is 0.583. The zero-order valence-electron chi connectivity index (χ0n) is 9.77. The van der Waals surface area contributed by atoms with Gasteiger partial charge in [0, 0.05) is 37.9 Å². The Labute approximate surface area is 95.2 Å². The van der Waals surface area contributed by atoms with Crippen LogP contribution in [0.2, 0.25) is 0 Å². The summed E-state index contributed by atoms with van der Waals surface area (Å²) in [4.78, 5) is 11.2. The van der Waals surface area contributed by atoms with Gasteiger partial charge in [0.25, 0.3) is 0 Å². The van der Waals surface area contributed by atoms with Gasteiger partial charge in [-0.25, -0.2) is 0 Å². The van der Waals surface area contributed by atoms with E-state index in [0.29, 0.717) is 12.0 Å². The fourth-order valence-electron chi connectivity index (χ4n) is 2.01. The van der Waals surface area contributed by atoms with Crippen LogP contribution in [0, 0.1) is 5.92 Å². The van der Waals surface area contributed by atoms with Crippen molar-refractivity contribution >= 4 is 5.69 Å². The summed E-state index contributed by atoms with van der Waals surface area (Å²) in [6.45, 7) is 3.86. The Hall–Kier alpha value is -1.29. The Morgan fingerprint density at radius 1 is 1.56 bits per heavy atom. The Bertz CT molecular complexity index is 408. The Kier molecular flexibility index (Phi) is 3.29. The lowest BCUT2D eigenvalue weighted by Gasteiger charge is -2.20. The van der Waals surface area contributed by atoms with E-state index in [1.54, 1.807) is 17.7 Å². The maximum Gasteiger partial charge on any atom is 0.250 e. The van der Waals surface area contributed by atoms with E-state index in [2.05, 4.69) is 12.2 Å². The molecule has 2 rings (SSSR count). The van der Waals surface area contributed by atoms with E-state index in [4.69, 9.17) is 4.74 Å². The maximum absolute atomic E-state index is 11.2. The largest absolute Gasteiger partial charge is 0.381 e. The fourth-order valence-corrected chi connectivity index (χ4v) is 2.01. The third kappa shape index (κ3) is 2.44. The van der Waals surface area contributed by atoms with Crippen molar-refractivity contribution < 1.29 is 4.74 Å². The van der Waals surface area contributed by atoms with Gasteiger partial charge in [0.1, 0.15) is 0 Å². The van der Waals surface area contributed by atoms with Gasteiger partial charge in [-0.3, -0.25) is 4.79 Å². The molecule has 0 aliphatic carbocycles. The molecular formula is C12H18N2O2. The molecule has 0 radical (unpaired) electrons. The van der Waals surface area contributed by atoms with Crippen molar-refractivity contribution in [2.45, 2.75) is 19.4 Å². The van der Waals surface area contributed by atoms with Gasteiger partial charge in [0.2, 0.25) is 5.56 Å². The molecule has 1 N–H and O–H groups in total. The number of nitrogens with zero attached hydrogens (tertiary/aromatic N) is 1. The molecule has 0 amide bonds. The SMILES string of the molecule is CC(Nc1ccc(=O)n(C)c1)C1CCOC1. The molecule has 1 aromatic rings. The third-order valence-electron chi connectivity index (χ3n) is 3.15. The van der Waals surface area contributed by atoms with Crippen molar-refractivity contribution in [2.24, 2.45) is 13.0 Å². The molecule has 0 saturated carbocycles. The summed E-state index contributed by atoms with van der Waals surface area (Å²) in [6.07, 6.45) is 2.94. The zero-order valence-corrected chi connectivity index (χ0v) is 9.77. The molecular weight excluding hydrogens is 204 g/mol. The highest BCUT2D eigenvalue weighted by atomic mass is 16.5. The summed E-state index contributed by atoms with van der Waals surface area (Å²) >= 11 is 0. The molecule has 2 heterocycles. The summed E-state index contributed by atoms with van der Waals surface area (Å²) in [5, 5.41) is 3.41. The van der Waals surface area contributed by atoms with E-state index < -0.39 is 0 Å². The number of rotatable bonds is 3. The second-order valence-electron chi connectivity index (χ2n) is 4.42. The second-order valence-corrected chi connectivity index (χ2v) is 4.42. The van der Waals surface area contributed by atoms with Crippen LogP contribution in [0.1, 0.15) is 13.3 Å². The molecule has 88 valence electrons. The molecule has 0 spiro atoms. The average Bonchev–Trinajstić information content (AvgIpc) is 2.77. The van der Waals surface area contributed by atoms with Crippen molar-refractivity contribution in [3.05, 3.63) is 28.7 Å². The summed E-state index contributed by atoms with van der Waals surface area (Å²) in [6, 6.07) is 3.79. The van der Waals surface area contributed by atoms with Crippen LogP contribution in [0.5, 0.6) is 0 Å². The van der Waals surface area contributed by atoms with E-state index in [0.717, 1.165) is 25.3 Å². The first-order valence-corrected chi connectivity index (χ1v) is 5.68. The minimum absolute atomic E-state index is 0.0161. The molecule has 16 heavy (non-hydrogen) atoms. The number of pyridine rings is 1. The number of anilines is 1. The molecule has 0 aromatic carbocycles. The van der Waals surface area contributed by atoms with Crippen LogP contribution in [0.4, 0.5) is 5.69 Å². The number of aryl methyl sites for hydroxylation is 1. The van der Waals surface area contributed by atoms with Gasteiger partial charge in [0.05, 0.1) is 12.3 Å². The summed E-state index contributed by atoms with van der Waals surface area (Å²) in [7, 11) is 1.76. The van der Waals surface area contributed by atoms with Gasteiger partial charge in [0.15, 0.2) is 0 Å². The first-order valence-electron chi connectivity index (χ1n) is 5.68. The molecule has 0 bridgehead atoms. The molecule has 1 aliphatic rings. The minimum atomic E-state index is 0.0161. The third-order valence-corrected chi connectivity index (χ3v) is 3.15. The Morgan fingerprint density at radius 3 is 3.00 bits per heavy atom. The van der Waals surface area contributed by atoms with Crippen molar-refractivity contribution in [2.75, 3.05) is 18.5 Å². The predicted molar refractivity (Wildman–Crippen MR) is 63.7 cm³/mol. The Balaban J connectivity index is 2.02. The van der Waals surface area contributed by atoms with E-state index >= 15 is 0 Å². The minimum Gasteiger partial charge on any atom is -0.381 e. The predicted octanol–water partition coefficient (Wildman–Crippen LogP) is 1.22. The van der Waals surface area contributed by atoms with E-state index in [9.17, 15) is 4.79 Å². The van der Waals surface area contributed by atoms with Gasteiger partial charge in [-0.05, 0) is 19.4 Å². The number of ether oxygens (including phenoxy) is 1. The van der Waals surface area contributed by atoms with Crippen molar-refractivity contribution in [1.29, 1.82) is 0 Å². The molecule has 1 fully saturated rings. The van der Waals surface area contributed by atoms with Crippen LogP contribution in [0.25, 0.3) is 0 Å². The number of hydrogen-bond donors (Lipinski definition) is 1.